The van der Waals surface area contributed by atoms with Crippen LogP contribution in [0.3, 0.4) is 0 Å². The number of rotatable bonds is 7. The van der Waals surface area contributed by atoms with E-state index in [-0.39, 0.29) is 17.6 Å². The zero-order valence-electron chi connectivity index (χ0n) is 17.2. The van der Waals surface area contributed by atoms with Gasteiger partial charge >= 0.3 is 6.03 Å². The molecule has 2 aromatic carbocycles. The first-order chi connectivity index (χ1) is 12.8. The molecular formula is C23H32N2O2. The van der Waals surface area contributed by atoms with Gasteiger partial charge in [0.05, 0.1) is 0 Å². The highest BCUT2D eigenvalue weighted by Gasteiger charge is 2.23. The lowest BCUT2D eigenvalue weighted by Crippen LogP contribution is -2.50. The van der Waals surface area contributed by atoms with E-state index >= 15 is 0 Å². The molecule has 146 valence electrons. The maximum absolute atomic E-state index is 12.7. The number of carbonyl (C=O) groups is 1. The number of nitrogens with zero attached hydrogens (tertiary/aromatic N) is 1. The fourth-order valence-electron chi connectivity index (χ4n) is 2.71. The summed E-state index contributed by atoms with van der Waals surface area (Å²) in [6, 6.07) is 18.2. The van der Waals surface area contributed by atoms with Gasteiger partial charge in [-0.1, -0.05) is 49.4 Å². The zero-order chi connectivity index (χ0) is 19.9. The van der Waals surface area contributed by atoms with Crippen LogP contribution in [-0.2, 0) is 13.2 Å². The van der Waals surface area contributed by atoms with Crippen LogP contribution in [-0.4, -0.2) is 22.5 Å². The normalized spacial score (nSPS) is 12.3. The van der Waals surface area contributed by atoms with E-state index in [9.17, 15) is 4.79 Å². The highest BCUT2D eigenvalue weighted by molar-refractivity contribution is 5.75. The summed E-state index contributed by atoms with van der Waals surface area (Å²) in [6.45, 7) is 11.3. The second-order valence-electron chi connectivity index (χ2n) is 7.99. The van der Waals surface area contributed by atoms with E-state index in [4.69, 9.17) is 4.74 Å². The lowest BCUT2D eigenvalue weighted by molar-refractivity contribution is 0.165. The minimum atomic E-state index is -0.260. The van der Waals surface area contributed by atoms with E-state index in [1.807, 2.05) is 80.3 Å². The van der Waals surface area contributed by atoms with Crippen molar-refractivity contribution in [2.45, 2.75) is 65.8 Å². The molecule has 0 radical (unpaired) electrons. The maximum atomic E-state index is 12.7. The summed E-state index contributed by atoms with van der Waals surface area (Å²) in [5.74, 6) is 0.816. The number of carbonyl (C=O) groups excluding carboxylic acids is 1. The third kappa shape index (κ3) is 6.97. The van der Waals surface area contributed by atoms with Crippen molar-refractivity contribution in [3.8, 4) is 5.75 Å². The molecule has 0 aliphatic carbocycles. The third-order valence-electron chi connectivity index (χ3n) is 4.37. The van der Waals surface area contributed by atoms with Crippen LogP contribution in [0, 0.1) is 0 Å². The minimum absolute atomic E-state index is 0.0348. The quantitative estimate of drug-likeness (QED) is 0.713. The lowest BCUT2D eigenvalue weighted by Gasteiger charge is -2.32. The molecule has 1 atom stereocenters. The molecule has 0 saturated heterocycles. The van der Waals surface area contributed by atoms with Gasteiger partial charge in [-0.3, -0.25) is 0 Å². The van der Waals surface area contributed by atoms with E-state index in [1.54, 1.807) is 0 Å². The van der Waals surface area contributed by atoms with Crippen molar-refractivity contribution >= 4 is 6.03 Å². The average Bonchev–Trinajstić information content (AvgIpc) is 2.63. The van der Waals surface area contributed by atoms with Gasteiger partial charge in [0.15, 0.2) is 0 Å². The van der Waals surface area contributed by atoms with Gasteiger partial charge < -0.3 is 15.0 Å². The van der Waals surface area contributed by atoms with Crippen molar-refractivity contribution in [1.29, 1.82) is 0 Å². The van der Waals surface area contributed by atoms with E-state index < -0.39 is 0 Å². The van der Waals surface area contributed by atoms with Gasteiger partial charge in [0, 0.05) is 18.1 Å². The molecule has 0 heterocycles. The smallest absolute Gasteiger partial charge is 0.318 e. The lowest BCUT2D eigenvalue weighted by atomic mass is 10.1. The molecule has 0 aliphatic heterocycles. The molecule has 0 spiro atoms. The Balaban J connectivity index is 2.07. The molecule has 0 fully saturated rings. The van der Waals surface area contributed by atoms with Gasteiger partial charge in [-0.05, 0) is 57.4 Å². The average molecular weight is 369 g/mol. The first-order valence-electron chi connectivity index (χ1n) is 9.63. The number of hydrogen-bond donors (Lipinski definition) is 1. The number of urea groups is 1. The van der Waals surface area contributed by atoms with Crippen LogP contribution in [0.2, 0.25) is 0 Å². The Hall–Kier alpha value is -2.49. The predicted molar refractivity (Wildman–Crippen MR) is 111 cm³/mol. The molecule has 4 nitrogen and oxygen atoms in total. The monoisotopic (exact) mass is 368 g/mol. The van der Waals surface area contributed by atoms with Gasteiger partial charge in [0.1, 0.15) is 12.4 Å². The number of nitrogens with one attached hydrogen (secondary N) is 1. The Morgan fingerprint density at radius 2 is 1.74 bits per heavy atom. The molecule has 0 aliphatic rings. The third-order valence-corrected chi connectivity index (χ3v) is 4.37. The fourth-order valence-corrected chi connectivity index (χ4v) is 2.71. The van der Waals surface area contributed by atoms with Crippen LogP contribution in [0.15, 0.2) is 54.6 Å². The highest BCUT2D eigenvalue weighted by Crippen LogP contribution is 2.19. The minimum Gasteiger partial charge on any atom is -0.489 e. The molecule has 2 aromatic rings. The molecule has 2 amide bonds. The largest absolute Gasteiger partial charge is 0.489 e. The van der Waals surface area contributed by atoms with Crippen LogP contribution in [0.1, 0.15) is 52.2 Å². The Morgan fingerprint density at radius 3 is 2.37 bits per heavy atom. The molecule has 2 rings (SSSR count). The summed E-state index contributed by atoms with van der Waals surface area (Å²) in [6.07, 6.45) is 0.905. The van der Waals surface area contributed by atoms with E-state index in [1.165, 1.54) is 0 Å². The SMILES string of the molecule is CCC(C)N(Cc1cccc(OCc2ccccc2)c1)C(=O)NC(C)(C)C. The van der Waals surface area contributed by atoms with Crippen LogP contribution in [0.4, 0.5) is 4.79 Å². The Bertz CT molecular complexity index is 723. The molecule has 0 saturated carbocycles. The Kier molecular flexibility index (Phi) is 7.28. The van der Waals surface area contributed by atoms with Gasteiger partial charge in [0.2, 0.25) is 0 Å². The van der Waals surface area contributed by atoms with Crippen molar-refractivity contribution in [1.82, 2.24) is 10.2 Å². The van der Waals surface area contributed by atoms with Gasteiger partial charge in [-0.15, -0.1) is 0 Å². The fraction of sp³-hybridized carbons (Fsp3) is 0.435. The summed E-state index contributed by atoms with van der Waals surface area (Å²) in [7, 11) is 0. The number of benzene rings is 2. The second-order valence-corrected chi connectivity index (χ2v) is 7.99. The van der Waals surface area contributed by atoms with Crippen LogP contribution >= 0.6 is 0 Å². The second kappa shape index (κ2) is 9.45. The van der Waals surface area contributed by atoms with Crippen molar-refractivity contribution in [3.05, 3.63) is 65.7 Å². The summed E-state index contributed by atoms with van der Waals surface area (Å²) in [5, 5.41) is 3.07. The summed E-state index contributed by atoms with van der Waals surface area (Å²) in [4.78, 5) is 14.6. The molecular weight excluding hydrogens is 336 g/mol. The standard InChI is InChI=1S/C23H32N2O2/c1-6-18(2)25(22(26)24-23(3,4)5)16-20-13-10-14-21(15-20)27-17-19-11-8-7-9-12-19/h7-15,18H,6,16-17H2,1-5H3,(H,24,26). The molecule has 27 heavy (non-hydrogen) atoms. The number of hydrogen-bond acceptors (Lipinski definition) is 2. The van der Waals surface area contributed by atoms with Crippen LogP contribution in [0.25, 0.3) is 0 Å². The summed E-state index contributed by atoms with van der Waals surface area (Å²) >= 11 is 0. The van der Waals surface area contributed by atoms with E-state index in [2.05, 4.69) is 19.2 Å². The van der Waals surface area contributed by atoms with Crippen molar-refractivity contribution < 1.29 is 9.53 Å². The van der Waals surface area contributed by atoms with Crippen LogP contribution < -0.4 is 10.1 Å². The maximum Gasteiger partial charge on any atom is 0.318 e. The van der Waals surface area contributed by atoms with Crippen LogP contribution in [0.5, 0.6) is 5.75 Å². The molecule has 4 heteroatoms. The van der Waals surface area contributed by atoms with Gasteiger partial charge in [-0.2, -0.15) is 0 Å². The van der Waals surface area contributed by atoms with Crippen molar-refractivity contribution in [3.63, 3.8) is 0 Å². The Labute approximate surface area is 163 Å². The molecule has 1 N–H and O–H groups in total. The van der Waals surface area contributed by atoms with E-state index in [0.717, 1.165) is 23.3 Å². The highest BCUT2D eigenvalue weighted by atomic mass is 16.5. The number of amides is 2. The molecule has 1 unspecified atom stereocenters. The van der Waals surface area contributed by atoms with Crippen molar-refractivity contribution in [2.24, 2.45) is 0 Å². The molecule has 0 bridgehead atoms. The van der Waals surface area contributed by atoms with Gasteiger partial charge in [0.25, 0.3) is 0 Å². The summed E-state index contributed by atoms with van der Waals surface area (Å²) in [5.41, 5.74) is 1.93. The Morgan fingerprint density at radius 1 is 1.07 bits per heavy atom. The summed E-state index contributed by atoms with van der Waals surface area (Å²) < 4.78 is 5.92. The van der Waals surface area contributed by atoms with Crippen molar-refractivity contribution in [2.75, 3.05) is 0 Å². The van der Waals surface area contributed by atoms with E-state index in [0.29, 0.717) is 13.2 Å². The topological polar surface area (TPSA) is 41.6 Å². The first kappa shape index (κ1) is 20.8. The van der Waals surface area contributed by atoms with Gasteiger partial charge in [-0.25, -0.2) is 4.79 Å². The zero-order valence-corrected chi connectivity index (χ0v) is 17.2. The predicted octanol–water partition coefficient (Wildman–Crippen LogP) is 5.37. The first-order valence-corrected chi connectivity index (χ1v) is 9.63. The number of ether oxygens (including phenoxy) is 1. The molecule has 0 aromatic heterocycles.